The molecule has 1 rings (SSSR count). The van der Waals surface area contributed by atoms with Gasteiger partial charge in [-0.05, 0) is 19.3 Å². The summed E-state index contributed by atoms with van der Waals surface area (Å²) < 4.78 is 10.8. The van der Waals surface area contributed by atoms with Crippen LogP contribution in [0.3, 0.4) is 0 Å². The highest BCUT2D eigenvalue weighted by molar-refractivity contribution is 5.93. The molecular weight excluding hydrogens is 226 g/mol. The number of rotatable bonds is 8. The maximum atomic E-state index is 10.9. The van der Waals surface area contributed by atoms with Gasteiger partial charge in [-0.25, -0.2) is 0 Å². The fourth-order valence-electron chi connectivity index (χ4n) is 1.59. The molecule has 0 saturated carbocycles. The third-order valence-corrected chi connectivity index (χ3v) is 2.43. The Balaban J connectivity index is 1.86. The molecule has 98 valence electrons. The lowest BCUT2D eigenvalue weighted by atomic mass is 10.2. The van der Waals surface area contributed by atoms with Crippen LogP contribution in [-0.4, -0.2) is 49.5 Å². The quantitative estimate of drug-likeness (QED) is 0.470. The Morgan fingerprint density at radius 1 is 1.47 bits per heavy atom. The maximum Gasteiger partial charge on any atom is 0.312 e. The van der Waals surface area contributed by atoms with Gasteiger partial charge in [0, 0.05) is 19.8 Å². The number of hydrogen-bond donors (Lipinski definition) is 2. The molecule has 0 aliphatic carbocycles. The number of carbonyl (C=O) groups excluding carboxylic acids is 1. The van der Waals surface area contributed by atoms with E-state index in [0.29, 0.717) is 26.2 Å². The molecule has 0 radical (unpaired) electrons. The molecule has 1 aliphatic rings. The first-order chi connectivity index (χ1) is 8.18. The largest absolute Gasteiger partial charge is 0.481 e. The fraction of sp³-hybridized carbons (Fsp3) is 0.818. The molecule has 6 heteroatoms. The summed E-state index contributed by atoms with van der Waals surface area (Å²) in [5, 5.41) is 10.9. The second kappa shape index (κ2) is 8.03. The van der Waals surface area contributed by atoms with Crippen molar-refractivity contribution in [1.29, 1.82) is 0 Å². The van der Waals surface area contributed by atoms with Crippen LogP contribution in [0.25, 0.3) is 0 Å². The van der Waals surface area contributed by atoms with Crippen LogP contribution in [0, 0.1) is 0 Å². The summed E-state index contributed by atoms with van der Waals surface area (Å²) in [6.07, 6.45) is 2.57. The van der Waals surface area contributed by atoms with E-state index in [1.54, 1.807) is 0 Å². The summed E-state index contributed by atoms with van der Waals surface area (Å²) in [6, 6.07) is 0. The van der Waals surface area contributed by atoms with Crippen molar-refractivity contribution in [3.63, 3.8) is 0 Å². The fourth-order valence-corrected chi connectivity index (χ4v) is 1.59. The zero-order chi connectivity index (χ0) is 12.5. The molecule has 1 heterocycles. The summed E-state index contributed by atoms with van der Waals surface area (Å²) in [5.74, 6) is -1.58. The van der Waals surface area contributed by atoms with Crippen molar-refractivity contribution in [2.24, 2.45) is 0 Å². The Morgan fingerprint density at radius 3 is 2.94 bits per heavy atom. The van der Waals surface area contributed by atoms with Crippen LogP contribution >= 0.6 is 0 Å². The monoisotopic (exact) mass is 245 g/mol. The summed E-state index contributed by atoms with van der Waals surface area (Å²) in [6.45, 7) is 2.41. The predicted molar refractivity (Wildman–Crippen MR) is 59.7 cm³/mol. The van der Waals surface area contributed by atoms with Gasteiger partial charge in [-0.1, -0.05) is 0 Å². The summed E-state index contributed by atoms with van der Waals surface area (Å²) >= 11 is 0. The highest BCUT2D eigenvalue weighted by Crippen LogP contribution is 2.11. The van der Waals surface area contributed by atoms with Gasteiger partial charge in [0.25, 0.3) is 0 Å². The highest BCUT2D eigenvalue weighted by Gasteiger charge is 2.14. The van der Waals surface area contributed by atoms with Gasteiger partial charge in [-0.2, -0.15) is 0 Å². The second-order valence-corrected chi connectivity index (χ2v) is 3.98. The lowest BCUT2D eigenvalue weighted by Crippen LogP contribution is -2.27. The molecular formula is C11H19NO5. The standard InChI is InChI=1S/C11H19NO5/c13-10(7-11(14)15)12-4-2-5-16-8-9-3-1-6-17-9/h9H,1-8H2,(H,12,13)(H,14,15). The van der Waals surface area contributed by atoms with E-state index < -0.39 is 18.3 Å². The van der Waals surface area contributed by atoms with Crippen molar-refractivity contribution in [3.8, 4) is 0 Å². The van der Waals surface area contributed by atoms with Crippen LogP contribution < -0.4 is 5.32 Å². The minimum atomic E-state index is -1.11. The SMILES string of the molecule is O=C(O)CC(=O)NCCCOCC1CCCO1. The molecule has 0 aromatic carbocycles. The van der Waals surface area contributed by atoms with E-state index in [2.05, 4.69) is 5.32 Å². The summed E-state index contributed by atoms with van der Waals surface area (Å²) in [4.78, 5) is 21.1. The number of ether oxygens (including phenoxy) is 2. The van der Waals surface area contributed by atoms with Gasteiger partial charge in [0.1, 0.15) is 6.42 Å². The van der Waals surface area contributed by atoms with Crippen molar-refractivity contribution in [3.05, 3.63) is 0 Å². The van der Waals surface area contributed by atoms with Crippen LogP contribution in [0.1, 0.15) is 25.7 Å². The first-order valence-electron chi connectivity index (χ1n) is 5.86. The molecule has 6 nitrogen and oxygen atoms in total. The molecule has 0 bridgehead atoms. The molecule has 1 fully saturated rings. The normalized spacial score (nSPS) is 19.2. The molecule has 1 atom stereocenters. The van der Waals surface area contributed by atoms with Crippen molar-refractivity contribution >= 4 is 11.9 Å². The van der Waals surface area contributed by atoms with Crippen molar-refractivity contribution < 1.29 is 24.2 Å². The van der Waals surface area contributed by atoms with Gasteiger partial charge in [-0.3, -0.25) is 9.59 Å². The van der Waals surface area contributed by atoms with E-state index in [1.165, 1.54) is 0 Å². The number of hydrogen-bond acceptors (Lipinski definition) is 4. The van der Waals surface area contributed by atoms with Crippen LogP contribution in [0.15, 0.2) is 0 Å². The smallest absolute Gasteiger partial charge is 0.312 e. The first-order valence-corrected chi connectivity index (χ1v) is 5.86. The van der Waals surface area contributed by atoms with Gasteiger partial charge in [0.15, 0.2) is 0 Å². The van der Waals surface area contributed by atoms with Crippen LogP contribution in [-0.2, 0) is 19.1 Å². The van der Waals surface area contributed by atoms with Crippen LogP contribution in [0.5, 0.6) is 0 Å². The summed E-state index contributed by atoms with van der Waals surface area (Å²) in [7, 11) is 0. The molecule has 2 N–H and O–H groups in total. The topological polar surface area (TPSA) is 84.9 Å². The van der Waals surface area contributed by atoms with E-state index in [9.17, 15) is 9.59 Å². The Morgan fingerprint density at radius 2 is 2.29 bits per heavy atom. The molecule has 0 aromatic rings. The van der Waals surface area contributed by atoms with E-state index in [1.807, 2.05) is 0 Å². The Hall–Kier alpha value is -1.14. The van der Waals surface area contributed by atoms with E-state index in [-0.39, 0.29) is 6.10 Å². The van der Waals surface area contributed by atoms with E-state index in [4.69, 9.17) is 14.6 Å². The number of nitrogens with one attached hydrogen (secondary N) is 1. The van der Waals surface area contributed by atoms with Gasteiger partial charge < -0.3 is 19.9 Å². The van der Waals surface area contributed by atoms with Crippen LogP contribution in [0.2, 0.25) is 0 Å². The molecule has 17 heavy (non-hydrogen) atoms. The van der Waals surface area contributed by atoms with E-state index >= 15 is 0 Å². The minimum Gasteiger partial charge on any atom is -0.481 e. The molecule has 0 aromatic heterocycles. The third-order valence-electron chi connectivity index (χ3n) is 2.43. The maximum absolute atomic E-state index is 10.9. The number of amides is 1. The lowest BCUT2D eigenvalue weighted by molar-refractivity contribution is -0.140. The molecule has 1 amide bonds. The van der Waals surface area contributed by atoms with Crippen molar-refractivity contribution in [2.75, 3.05) is 26.4 Å². The van der Waals surface area contributed by atoms with Gasteiger partial charge >= 0.3 is 5.97 Å². The Bertz CT molecular complexity index is 250. The molecule has 1 unspecified atom stereocenters. The Kier molecular flexibility index (Phi) is 6.57. The molecule has 1 aliphatic heterocycles. The second-order valence-electron chi connectivity index (χ2n) is 3.98. The third kappa shape index (κ3) is 6.91. The van der Waals surface area contributed by atoms with Crippen molar-refractivity contribution in [1.82, 2.24) is 5.32 Å². The average molecular weight is 245 g/mol. The average Bonchev–Trinajstić information content (AvgIpc) is 2.75. The summed E-state index contributed by atoms with van der Waals surface area (Å²) in [5.41, 5.74) is 0. The number of carboxylic acids is 1. The van der Waals surface area contributed by atoms with Crippen LogP contribution in [0.4, 0.5) is 0 Å². The molecule has 1 saturated heterocycles. The number of carbonyl (C=O) groups is 2. The number of aliphatic carboxylic acids is 1. The van der Waals surface area contributed by atoms with Crippen molar-refractivity contribution in [2.45, 2.75) is 31.8 Å². The highest BCUT2D eigenvalue weighted by atomic mass is 16.5. The first kappa shape index (κ1) is 13.9. The number of carboxylic acid groups (broad SMARTS) is 1. The molecule has 0 spiro atoms. The zero-order valence-electron chi connectivity index (χ0n) is 9.81. The lowest BCUT2D eigenvalue weighted by Gasteiger charge is -2.10. The van der Waals surface area contributed by atoms with Gasteiger partial charge in [0.05, 0.1) is 12.7 Å². The Labute approximate surface area is 100 Å². The van der Waals surface area contributed by atoms with Gasteiger partial charge in [-0.15, -0.1) is 0 Å². The van der Waals surface area contributed by atoms with E-state index in [0.717, 1.165) is 19.4 Å². The zero-order valence-corrected chi connectivity index (χ0v) is 9.81. The minimum absolute atomic E-state index is 0.219. The van der Waals surface area contributed by atoms with Gasteiger partial charge in [0.2, 0.25) is 5.91 Å². The predicted octanol–water partition coefficient (Wildman–Crippen LogP) is 0.163.